The highest BCUT2D eigenvalue weighted by Crippen LogP contribution is 2.19. The number of hydrogen-bond acceptors (Lipinski definition) is 4. The lowest BCUT2D eigenvalue weighted by atomic mass is 10.2. The normalized spacial score (nSPS) is 10.6. The number of nitrogens with one attached hydrogen (secondary N) is 1. The number of hydrogen-bond donors (Lipinski definition) is 1. The van der Waals surface area contributed by atoms with Crippen molar-refractivity contribution in [3.63, 3.8) is 0 Å². The maximum atomic E-state index is 12.3. The lowest BCUT2D eigenvalue weighted by molar-refractivity contribution is 0.0950. The van der Waals surface area contributed by atoms with Crippen molar-refractivity contribution in [2.45, 2.75) is 6.61 Å². The second-order valence-corrected chi connectivity index (χ2v) is 5.22. The van der Waals surface area contributed by atoms with Gasteiger partial charge in [0, 0.05) is 6.20 Å². The predicted octanol–water partition coefficient (Wildman–Crippen LogP) is 3.42. The van der Waals surface area contributed by atoms with Crippen molar-refractivity contribution in [1.82, 2.24) is 10.4 Å². The average molecular weight is 331 g/mol. The highest BCUT2D eigenvalue weighted by Gasteiger charge is 2.11. The van der Waals surface area contributed by atoms with Crippen LogP contribution in [0, 0.1) is 0 Å². The van der Waals surface area contributed by atoms with E-state index in [0.29, 0.717) is 23.6 Å². The molecule has 1 amide bonds. The molecule has 2 aromatic carbocycles. The van der Waals surface area contributed by atoms with Crippen molar-refractivity contribution in [2.75, 3.05) is 0 Å². The summed E-state index contributed by atoms with van der Waals surface area (Å²) in [6, 6.07) is 22.3. The molecule has 0 unspecified atom stereocenters. The summed E-state index contributed by atoms with van der Waals surface area (Å²) in [6.45, 7) is 0.391. The van der Waals surface area contributed by atoms with Crippen LogP contribution < -0.4 is 10.2 Å². The first-order chi connectivity index (χ1) is 12.3. The fourth-order valence-electron chi connectivity index (χ4n) is 2.19. The van der Waals surface area contributed by atoms with Crippen LogP contribution in [0.5, 0.6) is 5.75 Å². The number of nitrogens with zero attached hydrogens (tertiary/aromatic N) is 2. The van der Waals surface area contributed by atoms with Crippen molar-refractivity contribution in [2.24, 2.45) is 5.10 Å². The van der Waals surface area contributed by atoms with E-state index in [1.807, 2.05) is 48.5 Å². The zero-order valence-corrected chi connectivity index (χ0v) is 13.5. The molecule has 3 aromatic rings. The van der Waals surface area contributed by atoms with Gasteiger partial charge >= 0.3 is 0 Å². The van der Waals surface area contributed by atoms with Crippen LogP contribution in [0.3, 0.4) is 0 Å². The number of amides is 1. The largest absolute Gasteiger partial charge is 0.488 e. The molecule has 0 aliphatic rings. The number of carbonyl (C=O) groups is 1. The summed E-state index contributed by atoms with van der Waals surface area (Å²) in [4.78, 5) is 16.4. The first-order valence-electron chi connectivity index (χ1n) is 7.83. The molecule has 0 aliphatic heterocycles. The van der Waals surface area contributed by atoms with E-state index < -0.39 is 0 Å². The van der Waals surface area contributed by atoms with Gasteiger partial charge in [0.25, 0.3) is 5.91 Å². The molecule has 1 aromatic heterocycles. The van der Waals surface area contributed by atoms with Crippen LogP contribution in [0.2, 0.25) is 0 Å². The predicted molar refractivity (Wildman–Crippen MR) is 96.5 cm³/mol. The van der Waals surface area contributed by atoms with Gasteiger partial charge in [0.15, 0.2) is 0 Å². The molecule has 5 heteroatoms. The molecule has 0 saturated heterocycles. The monoisotopic (exact) mass is 331 g/mol. The summed E-state index contributed by atoms with van der Waals surface area (Å²) in [7, 11) is 0. The Balaban J connectivity index is 1.65. The Kier molecular flexibility index (Phi) is 5.51. The third-order valence-corrected chi connectivity index (χ3v) is 3.42. The van der Waals surface area contributed by atoms with E-state index >= 15 is 0 Å². The Morgan fingerprint density at radius 3 is 2.56 bits per heavy atom. The van der Waals surface area contributed by atoms with Gasteiger partial charge in [0.05, 0.1) is 17.5 Å². The summed E-state index contributed by atoms with van der Waals surface area (Å²) in [5.41, 5.74) is 4.62. The average Bonchev–Trinajstić information content (AvgIpc) is 2.68. The summed E-state index contributed by atoms with van der Waals surface area (Å²) < 4.78 is 5.78. The second-order valence-electron chi connectivity index (χ2n) is 5.22. The van der Waals surface area contributed by atoms with E-state index in [-0.39, 0.29) is 5.91 Å². The molecule has 1 N–H and O–H groups in total. The zero-order valence-electron chi connectivity index (χ0n) is 13.5. The Labute approximate surface area is 146 Å². The number of carbonyl (C=O) groups excluding carboxylic acids is 1. The van der Waals surface area contributed by atoms with E-state index in [1.165, 1.54) is 6.21 Å². The molecule has 25 heavy (non-hydrogen) atoms. The maximum Gasteiger partial charge on any atom is 0.275 e. The molecule has 1 heterocycles. The summed E-state index contributed by atoms with van der Waals surface area (Å²) in [5, 5.41) is 3.93. The number of rotatable bonds is 6. The molecule has 0 spiro atoms. The fraction of sp³-hybridized carbons (Fsp3) is 0.0500. The van der Waals surface area contributed by atoms with Gasteiger partial charge < -0.3 is 4.74 Å². The van der Waals surface area contributed by atoms with E-state index in [9.17, 15) is 4.79 Å². The van der Waals surface area contributed by atoms with Gasteiger partial charge in [0.2, 0.25) is 0 Å². The molecule has 0 atom stereocenters. The van der Waals surface area contributed by atoms with Gasteiger partial charge in [-0.1, -0.05) is 48.5 Å². The molecule has 0 radical (unpaired) electrons. The minimum absolute atomic E-state index is 0.337. The van der Waals surface area contributed by atoms with Gasteiger partial charge in [-0.25, -0.2) is 5.43 Å². The third kappa shape index (κ3) is 4.75. The first-order valence-corrected chi connectivity index (χ1v) is 7.83. The zero-order chi connectivity index (χ0) is 17.3. The first kappa shape index (κ1) is 16.4. The van der Waals surface area contributed by atoms with Crippen molar-refractivity contribution in [1.29, 1.82) is 0 Å². The van der Waals surface area contributed by atoms with Crippen LogP contribution in [-0.4, -0.2) is 17.1 Å². The van der Waals surface area contributed by atoms with Gasteiger partial charge in [-0.05, 0) is 29.8 Å². The van der Waals surface area contributed by atoms with Crippen LogP contribution in [0.4, 0.5) is 0 Å². The van der Waals surface area contributed by atoms with Crippen molar-refractivity contribution in [3.05, 3.63) is 95.8 Å². The summed E-state index contributed by atoms with van der Waals surface area (Å²) in [5.74, 6) is 0.174. The van der Waals surface area contributed by atoms with Crippen molar-refractivity contribution >= 4 is 12.1 Å². The number of ether oxygens (including phenoxy) is 1. The molecule has 3 rings (SSSR count). The van der Waals surface area contributed by atoms with Crippen molar-refractivity contribution < 1.29 is 9.53 Å². The quantitative estimate of drug-likeness (QED) is 0.556. The Morgan fingerprint density at radius 1 is 1.00 bits per heavy atom. The van der Waals surface area contributed by atoms with Crippen LogP contribution in [-0.2, 0) is 6.61 Å². The molecule has 0 aliphatic carbocycles. The topological polar surface area (TPSA) is 63.6 Å². The van der Waals surface area contributed by atoms with Crippen LogP contribution in [0.1, 0.15) is 21.6 Å². The molecule has 0 bridgehead atoms. The van der Waals surface area contributed by atoms with Gasteiger partial charge in [-0.15, -0.1) is 0 Å². The third-order valence-electron chi connectivity index (χ3n) is 3.42. The highest BCUT2D eigenvalue weighted by atomic mass is 16.5. The Hall–Kier alpha value is -3.47. The van der Waals surface area contributed by atoms with E-state index in [1.54, 1.807) is 30.5 Å². The second kappa shape index (κ2) is 8.40. The SMILES string of the molecule is O=C(N/N=C\c1ccccn1)c1ccccc1OCc1ccccc1. The Bertz CT molecular complexity index is 849. The van der Waals surface area contributed by atoms with Crippen LogP contribution in [0.25, 0.3) is 0 Å². The fourth-order valence-corrected chi connectivity index (χ4v) is 2.19. The molecular weight excluding hydrogens is 314 g/mol. The Morgan fingerprint density at radius 2 is 1.76 bits per heavy atom. The number of benzene rings is 2. The number of pyridine rings is 1. The lowest BCUT2D eigenvalue weighted by Crippen LogP contribution is -2.18. The molecular formula is C20H17N3O2. The van der Waals surface area contributed by atoms with Gasteiger partial charge in [-0.3, -0.25) is 9.78 Å². The number of hydrazone groups is 1. The van der Waals surface area contributed by atoms with Crippen LogP contribution >= 0.6 is 0 Å². The van der Waals surface area contributed by atoms with Gasteiger partial charge in [0.1, 0.15) is 12.4 Å². The van der Waals surface area contributed by atoms with E-state index in [4.69, 9.17) is 4.74 Å². The smallest absolute Gasteiger partial charge is 0.275 e. The van der Waals surface area contributed by atoms with Crippen molar-refractivity contribution in [3.8, 4) is 5.75 Å². The minimum atomic E-state index is -0.337. The minimum Gasteiger partial charge on any atom is -0.488 e. The molecule has 124 valence electrons. The molecule has 5 nitrogen and oxygen atoms in total. The van der Waals surface area contributed by atoms with Crippen LogP contribution in [0.15, 0.2) is 84.1 Å². The number of para-hydroxylation sites is 1. The van der Waals surface area contributed by atoms with E-state index in [0.717, 1.165) is 5.56 Å². The standard InChI is InChI=1S/C20H17N3O2/c24-20(23-22-14-17-10-6-7-13-21-17)18-11-4-5-12-19(18)25-15-16-8-2-1-3-9-16/h1-14H,15H2,(H,23,24)/b22-14-. The van der Waals surface area contributed by atoms with Gasteiger partial charge in [-0.2, -0.15) is 5.10 Å². The summed E-state index contributed by atoms with van der Waals surface area (Å²) in [6.07, 6.45) is 3.15. The number of aromatic nitrogens is 1. The summed E-state index contributed by atoms with van der Waals surface area (Å²) >= 11 is 0. The lowest BCUT2D eigenvalue weighted by Gasteiger charge is -2.10. The maximum absolute atomic E-state index is 12.3. The highest BCUT2D eigenvalue weighted by molar-refractivity contribution is 5.97. The molecule has 0 fully saturated rings. The molecule has 0 saturated carbocycles. The van der Waals surface area contributed by atoms with E-state index in [2.05, 4.69) is 15.5 Å².